The topological polar surface area (TPSA) is 237 Å². The minimum Gasteiger partial charge on any atom is -0.462 e. The highest BCUT2D eigenvalue weighted by molar-refractivity contribution is 7.47. The summed E-state index contributed by atoms with van der Waals surface area (Å²) in [6.45, 7) is 3.94. The first-order chi connectivity index (χ1) is 50.7. The molecule has 0 bridgehead atoms. The molecular weight excluding hydrogens is 1350 g/mol. The number of phosphoric ester groups is 2. The van der Waals surface area contributed by atoms with Crippen LogP contribution in [0, 0.1) is 0 Å². The molecule has 5 atom stereocenters. The predicted octanol–water partition coefficient (Wildman–Crippen LogP) is 21.7. The highest BCUT2D eigenvalue weighted by Gasteiger charge is 2.30. The lowest BCUT2D eigenvalue weighted by atomic mass is 10.1. The van der Waals surface area contributed by atoms with Crippen molar-refractivity contribution < 1.29 is 80.2 Å². The Labute approximate surface area is 625 Å². The Morgan fingerprint density at radius 3 is 0.788 bits per heavy atom. The van der Waals surface area contributed by atoms with Gasteiger partial charge in [-0.15, -0.1) is 0 Å². The van der Waals surface area contributed by atoms with E-state index in [0.29, 0.717) is 25.7 Å². The molecule has 0 heterocycles. The van der Waals surface area contributed by atoms with E-state index in [1.165, 1.54) is 0 Å². The van der Waals surface area contributed by atoms with Crippen LogP contribution in [0.1, 0.15) is 207 Å². The quantitative estimate of drug-likeness (QED) is 0.0169. The van der Waals surface area contributed by atoms with Crippen LogP contribution in [0.25, 0.3) is 0 Å². The highest BCUT2D eigenvalue weighted by atomic mass is 31.2. The fraction of sp³-hybridized carbons (Fsp3) is 0.482. The first-order valence-corrected chi connectivity index (χ1v) is 40.3. The zero-order valence-electron chi connectivity index (χ0n) is 62.8. The van der Waals surface area contributed by atoms with Gasteiger partial charge in [0.1, 0.15) is 19.3 Å². The number of esters is 4. The van der Waals surface area contributed by atoms with E-state index >= 15 is 0 Å². The van der Waals surface area contributed by atoms with E-state index in [4.69, 9.17) is 37.0 Å². The molecule has 0 aliphatic heterocycles. The van der Waals surface area contributed by atoms with Gasteiger partial charge in [0.05, 0.1) is 45.7 Å². The highest BCUT2D eigenvalue weighted by Crippen LogP contribution is 2.45. The molecule has 5 unspecified atom stereocenters. The van der Waals surface area contributed by atoms with Gasteiger partial charge >= 0.3 is 39.5 Å². The fourth-order valence-electron chi connectivity index (χ4n) is 8.41. The maximum Gasteiger partial charge on any atom is 0.472 e. The molecule has 0 aromatic rings. The summed E-state index contributed by atoms with van der Waals surface area (Å²) in [4.78, 5) is 72.7. The van der Waals surface area contributed by atoms with Crippen LogP contribution in [0.15, 0.2) is 243 Å². The van der Waals surface area contributed by atoms with Crippen LogP contribution in [-0.4, -0.2) is 96.7 Å². The van der Waals surface area contributed by atoms with Gasteiger partial charge in [-0.3, -0.25) is 37.3 Å². The monoisotopic (exact) mass is 1480 g/mol. The van der Waals surface area contributed by atoms with Crippen molar-refractivity contribution in [2.75, 3.05) is 39.6 Å². The van der Waals surface area contributed by atoms with Gasteiger partial charge in [-0.2, -0.15) is 0 Å². The smallest absolute Gasteiger partial charge is 0.462 e. The normalized spacial score (nSPS) is 15.3. The van der Waals surface area contributed by atoms with Gasteiger partial charge in [-0.1, -0.05) is 277 Å². The Morgan fingerprint density at radius 1 is 0.279 bits per heavy atom. The van der Waals surface area contributed by atoms with E-state index in [9.17, 15) is 43.2 Å². The number of allylic oxidation sites excluding steroid dienone is 37. The van der Waals surface area contributed by atoms with Gasteiger partial charge in [-0.25, -0.2) is 9.13 Å². The Morgan fingerprint density at radius 2 is 0.510 bits per heavy atom. The second kappa shape index (κ2) is 74.1. The number of phosphoric acid groups is 2. The Kier molecular flexibility index (Phi) is 69.1. The number of hydrogen-bond acceptors (Lipinski definition) is 15. The Bertz CT molecular complexity index is 2940. The summed E-state index contributed by atoms with van der Waals surface area (Å²) in [5, 5.41) is 10.6. The van der Waals surface area contributed by atoms with Crippen LogP contribution in [0.5, 0.6) is 0 Å². The molecule has 0 aliphatic carbocycles. The van der Waals surface area contributed by atoms with Crippen molar-refractivity contribution in [1.29, 1.82) is 0 Å². The molecule has 0 fully saturated rings. The van der Waals surface area contributed by atoms with Crippen LogP contribution >= 0.6 is 15.6 Å². The molecule has 0 aliphatic rings. The summed E-state index contributed by atoms with van der Waals surface area (Å²) < 4.78 is 68.0. The number of rotatable bonds is 66. The zero-order chi connectivity index (χ0) is 76.0. The van der Waals surface area contributed by atoms with Crippen LogP contribution in [0.2, 0.25) is 0 Å². The molecule has 104 heavy (non-hydrogen) atoms. The number of unbranched alkanes of at least 4 members (excludes halogenated alkanes) is 3. The number of ether oxygens (including phenoxy) is 4. The summed E-state index contributed by atoms with van der Waals surface area (Å²) >= 11 is 0. The number of aliphatic hydroxyl groups is 1. The predicted molar refractivity (Wildman–Crippen MR) is 426 cm³/mol. The number of hydrogen-bond donors (Lipinski definition) is 3. The van der Waals surface area contributed by atoms with Crippen molar-refractivity contribution in [3.63, 3.8) is 0 Å². The maximum atomic E-state index is 13.1. The molecule has 0 saturated heterocycles. The minimum absolute atomic E-state index is 0.0868. The van der Waals surface area contributed by atoms with Gasteiger partial charge in [0.15, 0.2) is 12.2 Å². The minimum atomic E-state index is -5.04. The first-order valence-electron chi connectivity index (χ1n) is 37.3. The number of aliphatic hydroxyl groups excluding tert-OH is 1. The molecule has 0 rings (SSSR count). The summed E-state index contributed by atoms with van der Waals surface area (Å²) in [5.74, 6) is -2.70. The van der Waals surface area contributed by atoms with Crippen molar-refractivity contribution in [2.24, 2.45) is 0 Å². The second-order valence-electron chi connectivity index (χ2n) is 23.4. The molecule has 3 N–H and O–H groups in total. The molecule has 0 spiro atoms. The van der Waals surface area contributed by atoms with Crippen molar-refractivity contribution in [2.45, 2.75) is 226 Å². The molecule has 0 aromatic heterocycles. The third-order valence-corrected chi connectivity index (χ3v) is 15.8. The third-order valence-electron chi connectivity index (χ3n) is 13.9. The summed E-state index contributed by atoms with van der Waals surface area (Å²) in [6.07, 6.45) is 96.9. The van der Waals surface area contributed by atoms with E-state index in [-0.39, 0.29) is 25.7 Å². The molecule has 0 amide bonds. The lowest BCUT2D eigenvalue weighted by Crippen LogP contribution is -2.30. The first kappa shape index (κ1) is 96.9. The van der Waals surface area contributed by atoms with E-state index in [1.54, 1.807) is 36.5 Å². The standard InChI is InChI=1S/C85H126O17P2/c1-5-9-13-17-21-25-29-33-37-38-39-40-44-46-50-54-58-62-66-70-83(88)96-76-81(102-85(90)72-68-64-60-56-52-48-43-36-32-28-24-20-16-12-8-4)78-100-104(93,94)98-74-79(86)73-97-103(91,92)99-77-80(101-84(89)71-67-63-59-55-51-47-42-35-31-27-23-19-15-11-7-3)75-95-82(87)69-65-61-57-53-49-45-41-34-30-26-22-18-14-10-6-2/h9-16,21-28,33-37,39-43,46,49-53,55-56,61,63-65,67-68,79-81,86H,5-8,17-20,29-32,38,44-45,47-48,54,57-60,62,66,69-78H2,1-4H3,(H,91,92)(H,93,94)/b13-9-,14-10-,15-11-,16-12-,25-21-,26-22-,27-23-,28-24-,37-33-,40-39-,41-34-,42-35-,43-36-,50-46-,53-49-,55-51-,56-52-,65-61-,67-63-,68-64-. The SMILES string of the molecule is CC/C=C\C/C=C\C/C=C\C/C=C\C/C=C\CCCCCC(=O)OCC(COP(=O)(O)OCC(O)COP(=O)(O)OCC(COC(=O)C/C=C\C/C=C\C/C=C\C/C=C\C/C=C\CC)OC(=O)C/C=C\C/C=C\C/C=C\C/C=C\C/C=C\CC)OC(=O)C/C=C\C/C=C\C/C=C\C/C=C\C/C=C\CC. The summed E-state index contributed by atoms with van der Waals surface area (Å²) in [7, 11) is -10.1. The molecule has 578 valence electrons. The molecular formula is C85H126O17P2. The third kappa shape index (κ3) is 73.2. The van der Waals surface area contributed by atoms with Crippen molar-refractivity contribution in [3.8, 4) is 0 Å². The molecule has 19 heteroatoms. The number of carbonyl (C=O) groups excluding carboxylic acids is 4. The van der Waals surface area contributed by atoms with Gasteiger partial charge < -0.3 is 33.8 Å². The van der Waals surface area contributed by atoms with Crippen molar-refractivity contribution in [1.82, 2.24) is 0 Å². The van der Waals surface area contributed by atoms with Crippen molar-refractivity contribution >= 4 is 39.5 Å². The molecule has 0 radical (unpaired) electrons. The average Bonchev–Trinajstić information content (AvgIpc) is 0.918. The maximum absolute atomic E-state index is 13.1. The van der Waals surface area contributed by atoms with Crippen LogP contribution in [-0.2, 0) is 65.4 Å². The van der Waals surface area contributed by atoms with E-state index < -0.39 is 97.5 Å². The van der Waals surface area contributed by atoms with Gasteiger partial charge in [0, 0.05) is 6.42 Å². The van der Waals surface area contributed by atoms with E-state index in [1.807, 2.05) is 36.5 Å². The van der Waals surface area contributed by atoms with Gasteiger partial charge in [0.25, 0.3) is 0 Å². The van der Waals surface area contributed by atoms with Crippen molar-refractivity contribution in [3.05, 3.63) is 243 Å². The largest absolute Gasteiger partial charge is 0.472 e. The van der Waals surface area contributed by atoms with Gasteiger partial charge in [-0.05, 0) is 148 Å². The zero-order valence-corrected chi connectivity index (χ0v) is 64.6. The Hall–Kier alpha value is -7.14. The second-order valence-corrected chi connectivity index (χ2v) is 26.3. The molecule has 17 nitrogen and oxygen atoms in total. The van der Waals surface area contributed by atoms with Crippen LogP contribution < -0.4 is 0 Å². The van der Waals surface area contributed by atoms with E-state index in [2.05, 4.69) is 198 Å². The molecule has 0 aromatic carbocycles. The summed E-state index contributed by atoms with van der Waals surface area (Å²) in [6, 6.07) is 0. The lowest BCUT2D eigenvalue weighted by Gasteiger charge is -2.21. The number of carbonyl (C=O) groups is 4. The molecule has 0 saturated carbocycles. The fourth-order valence-corrected chi connectivity index (χ4v) is 9.99. The lowest BCUT2D eigenvalue weighted by molar-refractivity contribution is -0.160. The van der Waals surface area contributed by atoms with Crippen LogP contribution in [0.4, 0.5) is 0 Å². The summed E-state index contributed by atoms with van der Waals surface area (Å²) in [5.41, 5.74) is 0. The van der Waals surface area contributed by atoms with Crippen LogP contribution in [0.3, 0.4) is 0 Å². The van der Waals surface area contributed by atoms with E-state index in [0.717, 1.165) is 128 Å². The average molecular weight is 1480 g/mol. The Balaban J connectivity index is 5.63. The van der Waals surface area contributed by atoms with Gasteiger partial charge in [0.2, 0.25) is 0 Å².